The standard InChI is InChI=1S/C15H24N2O2S/c1-4-10(3)12-13(14(18)19)20-15(16-12)17-8-6-11(5-2)7-9-17/h10-11H,4-9H2,1-3H3,(H,18,19). The number of carboxylic acids is 1. The third-order valence-electron chi connectivity index (χ3n) is 4.38. The quantitative estimate of drug-likeness (QED) is 0.893. The predicted molar refractivity (Wildman–Crippen MR) is 83.0 cm³/mol. The highest BCUT2D eigenvalue weighted by Gasteiger charge is 2.25. The fourth-order valence-corrected chi connectivity index (χ4v) is 3.75. The molecule has 1 aliphatic rings. The van der Waals surface area contributed by atoms with Gasteiger partial charge in [0, 0.05) is 13.1 Å². The Morgan fingerprint density at radius 1 is 1.45 bits per heavy atom. The van der Waals surface area contributed by atoms with E-state index in [1.807, 2.05) is 0 Å². The summed E-state index contributed by atoms with van der Waals surface area (Å²) in [5.74, 6) is 0.186. The minimum atomic E-state index is -0.840. The highest BCUT2D eigenvalue weighted by molar-refractivity contribution is 7.17. The molecule has 0 saturated carbocycles. The number of carboxylic acid groups (broad SMARTS) is 1. The van der Waals surface area contributed by atoms with Crippen molar-refractivity contribution in [3.8, 4) is 0 Å². The van der Waals surface area contributed by atoms with Crippen LogP contribution in [0.4, 0.5) is 5.13 Å². The molecule has 1 aliphatic heterocycles. The molecule has 0 spiro atoms. The molecule has 2 heterocycles. The lowest BCUT2D eigenvalue weighted by atomic mass is 9.95. The number of piperidine rings is 1. The van der Waals surface area contributed by atoms with Crippen molar-refractivity contribution < 1.29 is 9.90 Å². The number of rotatable bonds is 5. The van der Waals surface area contributed by atoms with Crippen LogP contribution >= 0.6 is 11.3 Å². The summed E-state index contributed by atoms with van der Waals surface area (Å²) in [5.41, 5.74) is 0.762. The van der Waals surface area contributed by atoms with E-state index in [1.165, 1.54) is 30.6 Å². The molecule has 0 aromatic carbocycles. The second-order valence-electron chi connectivity index (χ2n) is 5.66. The van der Waals surface area contributed by atoms with Crippen molar-refractivity contribution in [2.75, 3.05) is 18.0 Å². The van der Waals surface area contributed by atoms with Gasteiger partial charge in [-0.3, -0.25) is 0 Å². The number of hydrogen-bond donors (Lipinski definition) is 1. The summed E-state index contributed by atoms with van der Waals surface area (Å²) in [5, 5.41) is 10.2. The van der Waals surface area contributed by atoms with Gasteiger partial charge in [0.2, 0.25) is 0 Å². The van der Waals surface area contributed by atoms with E-state index < -0.39 is 5.97 Å². The van der Waals surface area contributed by atoms with Gasteiger partial charge in [0.25, 0.3) is 0 Å². The van der Waals surface area contributed by atoms with Crippen molar-refractivity contribution >= 4 is 22.4 Å². The normalized spacial score (nSPS) is 18.2. The van der Waals surface area contributed by atoms with Crippen LogP contribution in [0.2, 0.25) is 0 Å². The maximum atomic E-state index is 11.4. The molecular weight excluding hydrogens is 272 g/mol. The van der Waals surface area contributed by atoms with Gasteiger partial charge >= 0.3 is 5.97 Å². The summed E-state index contributed by atoms with van der Waals surface area (Å²) in [7, 11) is 0. The SMILES string of the molecule is CCC1CCN(c2nc(C(C)CC)c(C(=O)O)s2)CC1. The highest BCUT2D eigenvalue weighted by atomic mass is 32.1. The number of hydrogen-bond acceptors (Lipinski definition) is 4. The van der Waals surface area contributed by atoms with E-state index in [0.717, 1.165) is 36.3 Å². The van der Waals surface area contributed by atoms with Crippen molar-refractivity contribution in [2.24, 2.45) is 5.92 Å². The van der Waals surface area contributed by atoms with Gasteiger partial charge in [0.1, 0.15) is 4.88 Å². The molecule has 112 valence electrons. The minimum absolute atomic E-state index is 0.208. The molecule has 1 atom stereocenters. The van der Waals surface area contributed by atoms with Crippen LogP contribution < -0.4 is 4.90 Å². The summed E-state index contributed by atoms with van der Waals surface area (Å²) < 4.78 is 0. The maximum absolute atomic E-state index is 11.4. The van der Waals surface area contributed by atoms with E-state index >= 15 is 0 Å². The Kier molecular flexibility index (Phi) is 5.02. The van der Waals surface area contributed by atoms with Crippen molar-refractivity contribution in [1.82, 2.24) is 4.98 Å². The van der Waals surface area contributed by atoms with Crippen LogP contribution in [0.5, 0.6) is 0 Å². The Morgan fingerprint density at radius 3 is 2.60 bits per heavy atom. The van der Waals surface area contributed by atoms with Crippen LogP contribution in [-0.4, -0.2) is 29.1 Å². The lowest BCUT2D eigenvalue weighted by molar-refractivity contribution is 0.0700. The predicted octanol–water partition coefficient (Wildman–Crippen LogP) is 3.98. The van der Waals surface area contributed by atoms with Gasteiger partial charge in [-0.1, -0.05) is 38.5 Å². The molecule has 1 aromatic heterocycles. The number of aromatic carboxylic acids is 1. The first kappa shape index (κ1) is 15.3. The van der Waals surface area contributed by atoms with E-state index in [-0.39, 0.29) is 5.92 Å². The third kappa shape index (κ3) is 3.14. The number of aromatic nitrogens is 1. The van der Waals surface area contributed by atoms with Crippen LogP contribution in [0.1, 0.15) is 67.7 Å². The summed E-state index contributed by atoms with van der Waals surface area (Å²) in [6, 6.07) is 0. The maximum Gasteiger partial charge on any atom is 0.347 e. The summed E-state index contributed by atoms with van der Waals surface area (Å²) in [4.78, 5) is 18.7. The van der Waals surface area contributed by atoms with E-state index in [2.05, 4.69) is 30.7 Å². The number of nitrogens with zero attached hydrogens (tertiary/aromatic N) is 2. The zero-order chi connectivity index (χ0) is 14.7. The van der Waals surface area contributed by atoms with Crippen molar-refractivity contribution in [3.63, 3.8) is 0 Å². The molecule has 1 unspecified atom stereocenters. The first-order valence-corrected chi connectivity index (χ1v) is 8.37. The molecule has 1 N–H and O–H groups in total. The smallest absolute Gasteiger partial charge is 0.347 e. The number of thiazole rings is 1. The molecule has 0 aliphatic carbocycles. The fourth-order valence-electron chi connectivity index (χ4n) is 2.67. The van der Waals surface area contributed by atoms with Gasteiger partial charge in [-0.2, -0.15) is 0 Å². The lowest BCUT2D eigenvalue weighted by Crippen LogP contribution is -2.33. The van der Waals surface area contributed by atoms with E-state index in [0.29, 0.717) is 4.88 Å². The van der Waals surface area contributed by atoms with Crippen molar-refractivity contribution in [3.05, 3.63) is 10.6 Å². The monoisotopic (exact) mass is 296 g/mol. The zero-order valence-electron chi connectivity index (χ0n) is 12.6. The van der Waals surface area contributed by atoms with Gasteiger partial charge in [0.15, 0.2) is 5.13 Å². The van der Waals surface area contributed by atoms with Gasteiger partial charge in [0.05, 0.1) is 5.69 Å². The number of anilines is 1. The Balaban J connectivity index is 2.19. The molecule has 1 fully saturated rings. The molecule has 1 aromatic rings. The Labute approximate surface area is 124 Å². The van der Waals surface area contributed by atoms with Crippen molar-refractivity contribution in [2.45, 2.75) is 52.4 Å². The molecule has 0 radical (unpaired) electrons. The van der Waals surface area contributed by atoms with Crippen LogP contribution in [0, 0.1) is 5.92 Å². The van der Waals surface area contributed by atoms with Gasteiger partial charge in [-0.05, 0) is 31.1 Å². The van der Waals surface area contributed by atoms with Crippen LogP contribution in [-0.2, 0) is 0 Å². The number of carbonyl (C=O) groups is 1. The largest absolute Gasteiger partial charge is 0.477 e. The first-order chi connectivity index (χ1) is 9.56. The molecule has 0 bridgehead atoms. The molecule has 20 heavy (non-hydrogen) atoms. The summed E-state index contributed by atoms with van der Waals surface area (Å²) in [6.07, 6.45) is 4.54. The van der Waals surface area contributed by atoms with E-state index in [9.17, 15) is 9.90 Å². The lowest BCUT2D eigenvalue weighted by Gasteiger charge is -2.31. The zero-order valence-corrected chi connectivity index (χ0v) is 13.4. The second kappa shape index (κ2) is 6.57. The molecule has 2 rings (SSSR count). The van der Waals surface area contributed by atoms with E-state index in [1.54, 1.807) is 0 Å². The second-order valence-corrected chi connectivity index (χ2v) is 6.64. The summed E-state index contributed by atoms with van der Waals surface area (Å²) in [6.45, 7) is 8.37. The molecule has 4 nitrogen and oxygen atoms in total. The van der Waals surface area contributed by atoms with Crippen LogP contribution in [0.15, 0.2) is 0 Å². The molecule has 0 amide bonds. The van der Waals surface area contributed by atoms with Gasteiger partial charge < -0.3 is 10.0 Å². The fraction of sp³-hybridized carbons (Fsp3) is 0.733. The van der Waals surface area contributed by atoms with Gasteiger partial charge in [-0.25, -0.2) is 9.78 Å². The minimum Gasteiger partial charge on any atom is -0.477 e. The molecule has 1 saturated heterocycles. The first-order valence-electron chi connectivity index (χ1n) is 7.55. The Bertz CT molecular complexity index is 464. The average molecular weight is 296 g/mol. The molecular formula is C15H24N2O2S. The van der Waals surface area contributed by atoms with E-state index in [4.69, 9.17) is 0 Å². The highest BCUT2D eigenvalue weighted by Crippen LogP contribution is 2.34. The third-order valence-corrected chi connectivity index (χ3v) is 5.50. The van der Waals surface area contributed by atoms with Gasteiger partial charge in [-0.15, -0.1) is 0 Å². The summed E-state index contributed by atoms with van der Waals surface area (Å²) >= 11 is 1.34. The van der Waals surface area contributed by atoms with Crippen LogP contribution in [0.25, 0.3) is 0 Å². The Hall–Kier alpha value is -1.10. The average Bonchev–Trinajstić information content (AvgIpc) is 2.92. The van der Waals surface area contributed by atoms with Crippen molar-refractivity contribution in [1.29, 1.82) is 0 Å². The Morgan fingerprint density at radius 2 is 2.10 bits per heavy atom. The topological polar surface area (TPSA) is 53.4 Å². The molecule has 5 heteroatoms. The van der Waals surface area contributed by atoms with Crippen LogP contribution in [0.3, 0.4) is 0 Å².